The number of nitrogens with one attached hydrogen (secondary N) is 1. The Hall–Kier alpha value is -2.86. The molecule has 0 aliphatic carbocycles. The molecule has 2 aromatic heterocycles. The molecule has 4 rings (SSSR count). The predicted molar refractivity (Wildman–Crippen MR) is 117 cm³/mol. The summed E-state index contributed by atoms with van der Waals surface area (Å²) in [6, 6.07) is 15.6. The number of anilines is 1. The molecule has 0 saturated carbocycles. The number of amides is 1. The van der Waals surface area contributed by atoms with E-state index < -0.39 is 17.5 Å². The molecule has 8 heteroatoms. The topological polar surface area (TPSA) is 50.6 Å². The molecule has 0 spiro atoms. The van der Waals surface area contributed by atoms with Crippen molar-refractivity contribution in [3.05, 3.63) is 93.4 Å². The summed E-state index contributed by atoms with van der Waals surface area (Å²) in [4.78, 5) is 25.9. The average Bonchev–Trinajstić information content (AvgIpc) is 3.11. The van der Waals surface area contributed by atoms with Gasteiger partial charge in [0.25, 0.3) is 11.7 Å². The Bertz CT molecular complexity index is 1300. The molecular formula is C22H12Cl3FN2O2. The van der Waals surface area contributed by atoms with Crippen LogP contribution in [-0.2, 0) is 4.79 Å². The van der Waals surface area contributed by atoms with Crippen molar-refractivity contribution in [2.75, 3.05) is 5.32 Å². The highest BCUT2D eigenvalue weighted by molar-refractivity contribution is 6.49. The van der Waals surface area contributed by atoms with Gasteiger partial charge in [-0.2, -0.15) is 0 Å². The first-order valence-electron chi connectivity index (χ1n) is 8.71. The monoisotopic (exact) mass is 460 g/mol. The number of hydrogen-bond donors (Lipinski definition) is 1. The third-order valence-corrected chi connectivity index (χ3v) is 5.55. The Balaban J connectivity index is 1.77. The van der Waals surface area contributed by atoms with Crippen LogP contribution < -0.4 is 5.32 Å². The zero-order chi connectivity index (χ0) is 21.4. The number of pyridine rings is 1. The number of aromatic nitrogens is 1. The first-order chi connectivity index (χ1) is 14.3. The van der Waals surface area contributed by atoms with Gasteiger partial charge in [0.2, 0.25) is 0 Å². The number of carbonyl (C=O) groups excluding carboxylic acids is 2. The number of hydrogen-bond acceptors (Lipinski definition) is 2. The summed E-state index contributed by atoms with van der Waals surface area (Å²) < 4.78 is 15.0. The first-order valence-corrected chi connectivity index (χ1v) is 9.85. The normalized spacial score (nSPS) is 10.9. The summed E-state index contributed by atoms with van der Waals surface area (Å²) in [5.74, 6) is -2.09. The van der Waals surface area contributed by atoms with Crippen LogP contribution in [0.1, 0.15) is 10.5 Å². The molecule has 0 aliphatic heterocycles. The number of halogens is 4. The molecule has 0 bridgehead atoms. The molecule has 0 fully saturated rings. The van der Waals surface area contributed by atoms with Gasteiger partial charge in [-0.25, -0.2) is 4.39 Å². The van der Waals surface area contributed by atoms with E-state index in [1.807, 2.05) is 6.07 Å². The molecule has 30 heavy (non-hydrogen) atoms. The molecule has 2 aromatic carbocycles. The van der Waals surface area contributed by atoms with Crippen molar-refractivity contribution in [3.63, 3.8) is 0 Å². The lowest BCUT2D eigenvalue weighted by Crippen LogP contribution is -2.24. The number of nitrogens with zero attached hydrogens (tertiary/aromatic N) is 1. The molecule has 1 amide bonds. The average molecular weight is 462 g/mol. The van der Waals surface area contributed by atoms with Gasteiger partial charge in [0.1, 0.15) is 11.5 Å². The summed E-state index contributed by atoms with van der Waals surface area (Å²) in [6.07, 6.45) is 1.68. The van der Waals surface area contributed by atoms with Gasteiger partial charge in [0.05, 0.1) is 20.8 Å². The highest BCUT2D eigenvalue weighted by atomic mass is 35.5. The summed E-state index contributed by atoms with van der Waals surface area (Å²) >= 11 is 18.0. The lowest BCUT2D eigenvalue weighted by Gasteiger charge is -2.10. The molecule has 0 atom stereocenters. The zero-order valence-corrected chi connectivity index (χ0v) is 17.4. The van der Waals surface area contributed by atoms with Gasteiger partial charge in [0, 0.05) is 17.3 Å². The maximum atomic E-state index is 13.4. The van der Waals surface area contributed by atoms with E-state index in [-0.39, 0.29) is 26.4 Å². The molecule has 4 aromatic rings. The zero-order valence-electron chi connectivity index (χ0n) is 15.1. The van der Waals surface area contributed by atoms with Crippen molar-refractivity contribution in [1.82, 2.24) is 4.40 Å². The van der Waals surface area contributed by atoms with Crippen molar-refractivity contribution in [2.45, 2.75) is 0 Å². The minimum absolute atomic E-state index is 0.143. The summed E-state index contributed by atoms with van der Waals surface area (Å²) in [6.45, 7) is 0. The largest absolute Gasteiger partial charge is 0.318 e. The molecule has 4 nitrogen and oxygen atoms in total. The summed E-state index contributed by atoms with van der Waals surface area (Å²) in [5, 5.41) is 3.03. The van der Waals surface area contributed by atoms with Crippen LogP contribution in [0.4, 0.5) is 10.1 Å². The van der Waals surface area contributed by atoms with Crippen LogP contribution in [0.3, 0.4) is 0 Å². The van der Waals surface area contributed by atoms with E-state index in [9.17, 15) is 14.0 Å². The molecule has 150 valence electrons. The van der Waals surface area contributed by atoms with Crippen LogP contribution in [0.15, 0.2) is 66.9 Å². The van der Waals surface area contributed by atoms with Crippen LogP contribution in [0.2, 0.25) is 15.1 Å². The number of fused-ring (bicyclic) bond motifs is 1. The molecule has 1 N–H and O–H groups in total. The minimum atomic E-state index is -0.900. The van der Waals surface area contributed by atoms with Crippen molar-refractivity contribution in [2.24, 2.45) is 0 Å². The van der Waals surface area contributed by atoms with Gasteiger partial charge in [-0.3, -0.25) is 9.59 Å². The molecule has 0 unspecified atom stereocenters. The third kappa shape index (κ3) is 3.79. The van der Waals surface area contributed by atoms with Gasteiger partial charge < -0.3 is 9.72 Å². The van der Waals surface area contributed by atoms with Gasteiger partial charge in [-0.05, 0) is 48.0 Å². The number of carbonyl (C=O) groups is 2. The predicted octanol–water partition coefficient (Wildman–Crippen LogP) is 6.53. The van der Waals surface area contributed by atoms with Gasteiger partial charge >= 0.3 is 0 Å². The van der Waals surface area contributed by atoms with Crippen LogP contribution in [0, 0.1) is 5.82 Å². The van der Waals surface area contributed by atoms with E-state index in [0.717, 1.165) is 0 Å². The second kappa shape index (κ2) is 8.11. The maximum absolute atomic E-state index is 13.4. The van der Waals surface area contributed by atoms with Crippen molar-refractivity contribution < 1.29 is 14.0 Å². The van der Waals surface area contributed by atoms with E-state index >= 15 is 0 Å². The molecular weight excluding hydrogens is 450 g/mol. The van der Waals surface area contributed by atoms with E-state index in [1.54, 1.807) is 40.9 Å². The first kappa shape index (κ1) is 20.4. The SMILES string of the molecule is O=C(Nc1cc(Cl)c(Cl)cc1Cl)C(=O)c1c(-c2ccc(F)cc2)cc2ccccn12. The molecule has 2 heterocycles. The maximum Gasteiger partial charge on any atom is 0.298 e. The van der Waals surface area contributed by atoms with Crippen LogP contribution in [-0.4, -0.2) is 16.1 Å². The molecule has 0 radical (unpaired) electrons. The standard InChI is InChI=1S/C22H12Cl3FN2O2/c23-16-10-18(25)19(11-17(16)24)27-22(30)21(29)20-15(12-4-6-13(26)7-5-12)9-14-3-1-2-8-28(14)20/h1-11H,(H,27,30). The Morgan fingerprint density at radius 2 is 1.57 bits per heavy atom. The van der Waals surface area contributed by atoms with Crippen molar-refractivity contribution >= 4 is 57.7 Å². The second-order valence-electron chi connectivity index (χ2n) is 6.44. The number of benzene rings is 2. The Kier molecular flexibility index (Phi) is 5.52. The number of rotatable bonds is 4. The summed E-state index contributed by atoms with van der Waals surface area (Å²) in [7, 11) is 0. The quantitative estimate of drug-likeness (QED) is 0.213. The fraction of sp³-hybridized carbons (Fsp3) is 0. The van der Waals surface area contributed by atoms with E-state index in [1.165, 1.54) is 24.3 Å². The van der Waals surface area contributed by atoms with Crippen molar-refractivity contribution in [3.8, 4) is 11.1 Å². The minimum Gasteiger partial charge on any atom is -0.318 e. The van der Waals surface area contributed by atoms with Crippen LogP contribution >= 0.6 is 34.8 Å². The second-order valence-corrected chi connectivity index (χ2v) is 7.66. The smallest absolute Gasteiger partial charge is 0.298 e. The van der Waals surface area contributed by atoms with E-state index in [2.05, 4.69) is 5.32 Å². The number of Topliss-reactive ketones (excluding diaryl/α,β-unsaturated/α-hetero) is 1. The van der Waals surface area contributed by atoms with Gasteiger partial charge in [-0.1, -0.05) is 53.0 Å². The number of ketones is 1. The third-order valence-electron chi connectivity index (χ3n) is 4.51. The van der Waals surface area contributed by atoms with E-state index in [4.69, 9.17) is 34.8 Å². The van der Waals surface area contributed by atoms with Crippen LogP contribution in [0.5, 0.6) is 0 Å². The fourth-order valence-electron chi connectivity index (χ4n) is 3.11. The Morgan fingerprint density at radius 3 is 2.30 bits per heavy atom. The lowest BCUT2D eigenvalue weighted by atomic mass is 10.0. The Labute approximate surface area is 185 Å². The molecule has 0 saturated heterocycles. The highest BCUT2D eigenvalue weighted by Crippen LogP contribution is 2.33. The van der Waals surface area contributed by atoms with Gasteiger partial charge in [0.15, 0.2) is 0 Å². The van der Waals surface area contributed by atoms with Crippen LogP contribution in [0.25, 0.3) is 16.6 Å². The van der Waals surface area contributed by atoms with Crippen molar-refractivity contribution in [1.29, 1.82) is 0 Å². The molecule has 0 aliphatic rings. The fourth-order valence-corrected chi connectivity index (χ4v) is 3.70. The van der Waals surface area contributed by atoms with E-state index in [0.29, 0.717) is 16.6 Å². The highest BCUT2D eigenvalue weighted by Gasteiger charge is 2.25. The Morgan fingerprint density at radius 1 is 0.867 bits per heavy atom. The lowest BCUT2D eigenvalue weighted by molar-refractivity contribution is -0.112. The van der Waals surface area contributed by atoms with Gasteiger partial charge in [-0.15, -0.1) is 0 Å². The summed E-state index contributed by atoms with van der Waals surface area (Å²) in [5.41, 5.74) is 2.12.